The number of benzene rings is 1. The molecule has 0 amide bonds. The van der Waals surface area contributed by atoms with E-state index in [1.165, 1.54) is 17.8 Å². The fraction of sp³-hybridized carbons (Fsp3) is 0.278. The number of anilines is 1. The second kappa shape index (κ2) is 7.95. The summed E-state index contributed by atoms with van der Waals surface area (Å²) in [5.41, 5.74) is -0.0406. The Hall–Kier alpha value is -3.34. The molecule has 2 heterocycles. The number of H-pyrrole nitrogens is 1. The van der Waals surface area contributed by atoms with Crippen LogP contribution in [-0.4, -0.2) is 38.8 Å². The van der Waals surface area contributed by atoms with E-state index < -0.39 is 33.8 Å². The first-order valence-corrected chi connectivity index (χ1v) is 9.81. The second-order valence-electron chi connectivity index (χ2n) is 6.16. The minimum absolute atomic E-state index is 0.116. The summed E-state index contributed by atoms with van der Waals surface area (Å²) in [5.74, 6) is -1.88. The van der Waals surface area contributed by atoms with Crippen molar-refractivity contribution in [1.29, 1.82) is 0 Å². The Morgan fingerprint density at radius 2 is 2.17 bits per heavy atom. The standard InChI is InChI=1S/C18H18N4O6S/c1-4-28-17(25)12-8(2)19-15-14(16(24)21-18(20-15)29-3)13(12)9-5-6-11(23)10(7-9)22(26)27/h5-7,13,23H,4H2,1-3H3,(H2,19,20,21,24). The van der Waals surface area contributed by atoms with Gasteiger partial charge in [0, 0.05) is 11.8 Å². The van der Waals surface area contributed by atoms with Crippen LogP contribution in [0, 0.1) is 10.1 Å². The van der Waals surface area contributed by atoms with Crippen molar-refractivity contribution in [1.82, 2.24) is 9.97 Å². The maximum atomic E-state index is 12.8. The molecule has 1 aliphatic rings. The molecule has 2 aromatic rings. The third-order valence-electron chi connectivity index (χ3n) is 4.44. The Labute approximate surface area is 169 Å². The average Bonchev–Trinajstić information content (AvgIpc) is 2.66. The highest BCUT2D eigenvalue weighted by molar-refractivity contribution is 7.98. The second-order valence-corrected chi connectivity index (χ2v) is 6.95. The van der Waals surface area contributed by atoms with Crippen molar-refractivity contribution in [3.8, 4) is 5.75 Å². The summed E-state index contributed by atoms with van der Waals surface area (Å²) in [4.78, 5) is 43.1. The van der Waals surface area contributed by atoms with Crippen molar-refractivity contribution in [2.75, 3.05) is 18.2 Å². The number of nitrogens with one attached hydrogen (secondary N) is 2. The summed E-state index contributed by atoms with van der Waals surface area (Å²) in [5, 5.41) is 24.4. The minimum Gasteiger partial charge on any atom is -0.502 e. The minimum atomic E-state index is -0.961. The number of carbonyl (C=O) groups is 1. The number of phenolic OH excluding ortho intramolecular Hbond substituents is 1. The van der Waals surface area contributed by atoms with E-state index in [0.29, 0.717) is 10.9 Å². The lowest BCUT2D eigenvalue weighted by molar-refractivity contribution is -0.385. The lowest BCUT2D eigenvalue weighted by Crippen LogP contribution is -2.31. The lowest BCUT2D eigenvalue weighted by atomic mass is 9.82. The van der Waals surface area contributed by atoms with Crippen LogP contribution in [0.1, 0.15) is 30.9 Å². The van der Waals surface area contributed by atoms with Gasteiger partial charge >= 0.3 is 11.7 Å². The first-order valence-electron chi connectivity index (χ1n) is 8.58. The van der Waals surface area contributed by atoms with Crippen LogP contribution in [-0.2, 0) is 9.53 Å². The molecular formula is C18H18N4O6S. The van der Waals surface area contributed by atoms with Crippen LogP contribution in [0.3, 0.4) is 0 Å². The van der Waals surface area contributed by atoms with E-state index in [-0.39, 0.29) is 29.1 Å². The van der Waals surface area contributed by atoms with E-state index in [1.807, 2.05) is 0 Å². The van der Waals surface area contributed by atoms with Crippen LogP contribution in [0.15, 0.2) is 39.4 Å². The number of fused-ring (bicyclic) bond motifs is 1. The predicted octanol–water partition coefficient (Wildman–Crippen LogP) is 2.50. The molecular weight excluding hydrogens is 400 g/mol. The molecule has 10 nitrogen and oxygen atoms in total. The molecule has 3 rings (SSSR count). The van der Waals surface area contributed by atoms with Crippen LogP contribution in [0.4, 0.5) is 11.5 Å². The van der Waals surface area contributed by atoms with Gasteiger partial charge < -0.3 is 20.1 Å². The summed E-state index contributed by atoms with van der Waals surface area (Å²) in [7, 11) is 0. The molecule has 3 N–H and O–H groups in total. The van der Waals surface area contributed by atoms with Crippen molar-refractivity contribution >= 4 is 29.2 Å². The maximum absolute atomic E-state index is 12.8. The zero-order valence-electron chi connectivity index (χ0n) is 15.8. The van der Waals surface area contributed by atoms with E-state index >= 15 is 0 Å². The molecule has 152 valence electrons. The number of thioether (sulfide) groups is 1. The van der Waals surface area contributed by atoms with Gasteiger partial charge in [-0.3, -0.25) is 14.9 Å². The zero-order chi connectivity index (χ0) is 21.3. The quantitative estimate of drug-likeness (QED) is 0.219. The average molecular weight is 418 g/mol. The molecule has 0 saturated carbocycles. The first kappa shape index (κ1) is 20.4. The van der Waals surface area contributed by atoms with Gasteiger partial charge in [0.05, 0.1) is 28.6 Å². The molecule has 0 bridgehead atoms. The number of nitrogens with zero attached hydrogens (tertiary/aromatic N) is 2. The number of carbonyl (C=O) groups excluding carboxylic acids is 1. The van der Waals surface area contributed by atoms with Crippen molar-refractivity contribution < 1.29 is 19.6 Å². The van der Waals surface area contributed by atoms with Gasteiger partial charge in [0.2, 0.25) is 0 Å². The summed E-state index contributed by atoms with van der Waals surface area (Å²) < 4.78 is 5.15. The summed E-state index contributed by atoms with van der Waals surface area (Å²) in [6.45, 7) is 3.40. The van der Waals surface area contributed by atoms with Crippen molar-refractivity contribution in [2.24, 2.45) is 0 Å². The van der Waals surface area contributed by atoms with Crippen molar-refractivity contribution in [2.45, 2.75) is 24.9 Å². The van der Waals surface area contributed by atoms with Crippen molar-refractivity contribution in [3.05, 3.63) is 61.1 Å². The number of phenols is 1. The summed E-state index contributed by atoms with van der Waals surface area (Å²) in [6, 6.07) is 3.73. The van der Waals surface area contributed by atoms with Gasteiger partial charge in [0.25, 0.3) is 5.56 Å². The number of nitro groups is 1. The number of hydrogen-bond acceptors (Lipinski definition) is 9. The van der Waals surface area contributed by atoms with Crippen molar-refractivity contribution in [3.63, 3.8) is 0 Å². The van der Waals surface area contributed by atoms with E-state index in [0.717, 1.165) is 12.1 Å². The number of esters is 1. The Bertz CT molecular complexity index is 1090. The predicted molar refractivity (Wildman–Crippen MR) is 106 cm³/mol. The molecule has 29 heavy (non-hydrogen) atoms. The molecule has 0 spiro atoms. The molecule has 0 saturated heterocycles. The number of aromatic nitrogens is 2. The topological polar surface area (TPSA) is 147 Å². The summed E-state index contributed by atoms with van der Waals surface area (Å²) >= 11 is 1.24. The van der Waals surface area contributed by atoms with E-state index in [9.17, 15) is 24.8 Å². The molecule has 0 aliphatic carbocycles. The van der Waals surface area contributed by atoms with Crippen LogP contribution >= 0.6 is 11.8 Å². The Morgan fingerprint density at radius 3 is 2.79 bits per heavy atom. The highest BCUT2D eigenvalue weighted by atomic mass is 32.2. The molecule has 11 heteroatoms. The van der Waals surface area contributed by atoms with Gasteiger partial charge in [0.1, 0.15) is 5.82 Å². The smallest absolute Gasteiger partial charge is 0.336 e. The number of rotatable bonds is 5. The van der Waals surface area contributed by atoms with E-state index in [1.54, 1.807) is 20.1 Å². The van der Waals surface area contributed by atoms with Gasteiger partial charge in [-0.25, -0.2) is 9.78 Å². The third-order valence-corrected chi connectivity index (χ3v) is 5.02. The van der Waals surface area contributed by atoms with Gasteiger partial charge in [0.15, 0.2) is 10.9 Å². The van der Waals surface area contributed by atoms with Gasteiger partial charge in [-0.15, -0.1) is 0 Å². The Morgan fingerprint density at radius 1 is 1.45 bits per heavy atom. The highest BCUT2D eigenvalue weighted by Crippen LogP contribution is 2.42. The van der Waals surface area contributed by atoms with Crippen LogP contribution in [0.5, 0.6) is 5.75 Å². The number of hydrogen-bond donors (Lipinski definition) is 3. The SMILES string of the molecule is CCOC(=O)C1=C(C)Nc2nc(SC)[nH]c(=O)c2C1c1ccc(O)c([N+](=O)[O-])c1. The highest BCUT2D eigenvalue weighted by Gasteiger charge is 2.37. The molecule has 1 atom stereocenters. The molecule has 1 aromatic heterocycles. The fourth-order valence-electron chi connectivity index (χ4n) is 3.21. The third kappa shape index (κ3) is 3.68. The Kier molecular flexibility index (Phi) is 5.59. The van der Waals surface area contributed by atoms with Gasteiger partial charge in [-0.1, -0.05) is 17.8 Å². The number of allylic oxidation sites excluding steroid dienone is 1. The van der Waals surface area contributed by atoms with Crippen LogP contribution < -0.4 is 10.9 Å². The van der Waals surface area contributed by atoms with Crippen LogP contribution in [0.25, 0.3) is 0 Å². The zero-order valence-corrected chi connectivity index (χ0v) is 16.6. The fourth-order valence-corrected chi connectivity index (χ4v) is 3.58. The molecule has 0 fully saturated rings. The Balaban J connectivity index is 2.31. The molecule has 1 aromatic carbocycles. The van der Waals surface area contributed by atoms with E-state index in [4.69, 9.17) is 4.74 Å². The maximum Gasteiger partial charge on any atom is 0.336 e. The molecule has 1 unspecified atom stereocenters. The number of ether oxygens (including phenoxy) is 1. The van der Waals surface area contributed by atoms with Crippen LogP contribution in [0.2, 0.25) is 0 Å². The number of aromatic amines is 1. The monoisotopic (exact) mass is 418 g/mol. The normalized spacial score (nSPS) is 15.5. The largest absolute Gasteiger partial charge is 0.502 e. The van der Waals surface area contributed by atoms with Gasteiger partial charge in [-0.2, -0.15) is 0 Å². The lowest BCUT2D eigenvalue weighted by Gasteiger charge is -2.28. The summed E-state index contributed by atoms with van der Waals surface area (Å²) in [6.07, 6.45) is 1.75. The molecule has 1 aliphatic heterocycles. The van der Waals surface area contributed by atoms with E-state index in [2.05, 4.69) is 15.3 Å². The molecule has 0 radical (unpaired) electrons. The first-order chi connectivity index (χ1) is 13.8. The number of nitro benzene ring substituents is 1. The van der Waals surface area contributed by atoms with Gasteiger partial charge in [-0.05, 0) is 31.7 Å². The number of aromatic hydroxyl groups is 1.